The number of nitro groups is 1. The summed E-state index contributed by atoms with van der Waals surface area (Å²) < 4.78 is 0. The predicted molar refractivity (Wildman–Crippen MR) is 77.3 cm³/mol. The molecule has 0 spiro atoms. The number of hydrogen-bond acceptors (Lipinski definition) is 3. The molecule has 3 rings (SSSR count). The Morgan fingerprint density at radius 2 is 1.81 bits per heavy atom. The van der Waals surface area contributed by atoms with Gasteiger partial charge >= 0.3 is 5.97 Å². The first-order valence-electron chi connectivity index (χ1n) is 6.15. The molecule has 0 fully saturated rings. The van der Waals surface area contributed by atoms with Gasteiger partial charge in [0.2, 0.25) is 0 Å². The van der Waals surface area contributed by atoms with Gasteiger partial charge in [-0.15, -0.1) is 0 Å². The Hall–Kier alpha value is -3.15. The van der Waals surface area contributed by atoms with Crippen LogP contribution in [0.25, 0.3) is 22.2 Å². The van der Waals surface area contributed by atoms with Crippen molar-refractivity contribution in [3.8, 4) is 11.3 Å². The number of nitro benzene ring substituents is 1. The Balaban J connectivity index is 2.04. The van der Waals surface area contributed by atoms with E-state index in [2.05, 4.69) is 4.98 Å². The lowest BCUT2D eigenvalue weighted by Gasteiger charge is -1.97. The predicted octanol–water partition coefficient (Wildman–Crippen LogP) is 3.44. The topological polar surface area (TPSA) is 96.2 Å². The summed E-state index contributed by atoms with van der Waals surface area (Å²) in [5.41, 5.74) is 2.53. The van der Waals surface area contributed by atoms with Gasteiger partial charge in [-0.05, 0) is 35.9 Å². The maximum absolute atomic E-state index is 10.9. The van der Waals surface area contributed by atoms with Gasteiger partial charge in [0.05, 0.1) is 10.5 Å². The van der Waals surface area contributed by atoms with E-state index >= 15 is 0 Å². The molecule has 0 aliphatic heterocycles. The van der Waals surface area contributed by atoms with E-state index in [9.17, 15) is 14.9 Å². The van der Waals surface area contributed by atoms with Crippen LogP contribution in [0.4, 0.5) is 5.69 Å². The van der Waals surface area contributed by atoms with E-state index in [4.69, 9.17) is 5.11 Å². The van der Waals surface area contributed by atoms with Crippen LogP contribution < -0.4 is 0 Å². The highest BCUT2D eigenvalue weighted by molar-refractivity contribution is 5.94. The Labute approximate surface area is 118 Å². The van der Waals surface area contributed by atoms with Crippen molar-refractivity contribution in [3.05, 3.63) is 64.2 Å². The molecule has 0 unspecified atom stereocenters. The van der Waals surface area contributed by atoms with Crippen molar-refractivity contribution in [2.24, 2.45) is 0 Å². The smallest absolute Gasteiger partial charge is 0.335 e. The minimum atomic E-state index is -0.983. The number of non-ortho nitro benzene ring substituents is 1. The van der Waals surface area contributed by atoms with Gasteiger partial charge in [0.25, 0.3) is 5.69 Å². The number of carbonyl (C=O) groups is 1. The zero-order chi connectivity index (χ0) is 15.0. The zero-order valence-corrected chi connectivity index (χ0v) is 10.7. The normalized spacial score (nSPS) is 10.7. The molecule has 0 aliphatic rings. The second-order valence-electron chi connectivity index (χ2n) is 4.59. The summed E-state index contributed by atoms with van der Waals surface area (Å²) in [6, 6.07) is 12.9. The van der Waals surface area contributed by atoms with Crippen LogP contribution in [0, 0.1) is 10.1 Å². The van der Waals surface area contributed by atoms with Crippen molar-refractivity contribution < 1.29 is 14.8 Å². The van der Waals surface area contributed by atoms with E-state index in [0.717, 1.165) is 16.6 Å². The molecule has 6 nitrogen and oxygen atoms in total. The van der Waals surface area contributed by atoms with Crippen molar-refractivity contribution in [2.75, 3.05) is 0 Å². The minimum Gasteiger partial charge on any atom is -0.478 e. The Bertz CT molecular complexity index is 850. The van der Waals surface area contributed by atoms with Crippen LogP contribution in [0.2, 0.25) is 0 Å². The SMILES string of the molecule is O=C(O)c1ccc2cc(-c3ccc([N+](=O)[O-])cc3)[nH]c2c1. The summed E-state index contributed by atoms with van der Waals surface area (Å²) in [4.78, 5) is 24.3. The van der Waals surface area contributed by atoms with Crippen molar-refractivity contribution >= 4 is 22.6 Å². The fourth-order valence-corrected chi connectivity index (χ4v) is 2.18. The molecule has 0 saturated carbocycles. The molecule has 1 heterocycles. The van der Waals surface area contributed by atoms with Gasteiger partial charge in [0.15, 0.2) is 0 Å². The molecule has 0 atom stereocenters. The molecule has 0 amide bonds. The molecule has 0 aliphatic carbocycles. The number of benzene rings is 2. The van der Waals surface area contributed by atoms with Crippen LogP contribution >= 0.6 is 0 Å². The number of aromatic nitrogens is 1. The highest BCUT2D eigenvalue weighted by atomic mass is 16.6. The molecule has 1 aromatic heterocycles. The lowest BCUT2D eigenvalue weighted by Crippen LogP contribution is -1.94. The Morgan fingerprint density at radius 3 is 2.43 bits per heavy atom. The fourth-order valence-electron chi connectivity index (χ4n) is 2.18. The summed E-state index contributed by atoms with van der Waals surface area (Å²) in [5, 5.41) is 20.5. The number of aromatic carboxylic acids is 1. The van der Waals surface area contributed by atoms with Crippen molar-refractivity contribution in [2.45, 2.75) is 0 Å². The highest BCUT2D eigenvalue weighted by Gasteiger charge is 2.09. The number of carboxylic acid groups (broad SMARTS) is 1. The summed E-state index contributed by atoms with van der Waals surface area (Å²) in [7, 11) is 0. The van der Waals surface area contributed by atoms with Gasteiger partial charge in [-0.2, -0.15) is 0 Å². The van der Waals surface area contributed by atoms with E-state index in [0.29, 0.717) is 5.52 Å². The van der Waals surface area contributed by atoms with E-state index in [1.807, 2.05) is 6.07 Å². The molecule has 0 saturated heterocycles. The number of nitrogens with one attached hydrogen (secondary N) is 1. The van der Waals surface area contributed by atoms with Gasteiger partial charge in [-0.1, -0.05) is 6.07 Å². The molecule has 3 aromatic rings. The summed E-state index contributed by atoms with van der Waals surface area (Å²) in [5.74, 6) is -0.983. The maximum Gasteiger partial charge on any atom is 0.335 e. The number of H-pyrrole nitrogens is 1. The molecular weight excluding hydrogens is 272 g/mol. The largest absolute Gasteiger partial charge is 0.478 e. The molecule has 0 bridgehead atoms. The third-order valence-corrected chi connectivity index (χ3v) is 3.26. The van der Waals surface area contributed by atoms with E-state index in [1.165, 1.54) is 18.2 Å². The van der Waals surface area contributed by atoms with Crippen LogP contribution in [-0.2, 0) is 0 Å². The molecule has 0 radical (unpaired) electrons. The van der Waals surface area contributed by atoms with E-state index in [1.54, 1.807) is 24.3 Å². The molecule has 104 valence electrons. The van der Waals surface area contributed by atoms with Crippen molar-refractivity contribution in [3.63, 3.8) is 0 Å². The second-order valence-corrected chi connectivity index (χ2v) is 4.59. The Kier molecular flexibility index (Phi) is 2.91. The van der Waals surface area contributed by atoms with Crippen LogP contribution in [0.5, 0.6) is 0 Å². The van der Waals surface area contributed by atoms with Crippen LogP contribution in [0.3, 0.4) is 0 Å². The number of rotatable bonds is 3. The average molecular weight is 282 g/mol. The monoisotopic (exact) mass is 282 g/mol. The summed E-state index contributed by atoms with van der Waals surface area (Å²) in [6.45, 7) is 0. The van der Waals surface area contributed by atoms with Crippen molar-refractivity contribution in [1.29, 1.82) is 0 Å². The highest BCUT2D eigenvalue weighted by Crippen LogP contribution is 2.26. The van der Waals surface area contributed by atoms with E-state index in [-0.39, 0.29) is 11.3 Å². The number of aromatic amines is 1. The van der Waals surface area contributed by atoms with Crippen molar-refractivity contribution in [1.82, 2.24) is 4.98 Å². The van der Waals surface area contributed by atoms with Gasteiger partial charge in [0.1, 0.15) is 0 Å². The van der Waals surface area contributed by atoms with Gasteiger partial charge in [0, 0.05) is 28.7 Å². The molecule has 6 heteroatoms. The maximum atomic E-state index is 10.9. The van der Waals surface area contributed by atoms with Crippen LogP contribution in [0.1, 0.15) is 10.4 Å². The zero-order valence-electron chi connectivity index (χ0n) is 10.7. The molecule has 2 aromatic carbocycles. The molecule has 2 N–H and O–H groups in total. The molecule has 21 heavy (non-hydrogen) atoms. The summed E-state index contributed by atoms with van der Waals surface area (Å²) in [6.07, 6.45) is 0. The Morgan fingerprint density at radius 1 is 1.10 bits per heavy atom. The first-order chi connectivity index (χ1) is 10.0. The number of fused-ring (bicyclic) bond motifs is 1. The van der Waals surface area contributed by atoms with Gasteiger partial charge < -0.3 is 10.1 Å². The van der Waals surface area contributed by atoms with Crippen LogP contribution in [0.15, 0.2) is 48.5 Å². The summed E-state index contributed by atoms with van der Waals surface area (Å²) >= 11 is 0. The number of carboxylic acids is 1. The average Bonchev–Trinajstić information content (AvgIpc) is 2.90. The quantitative estimate of drug-likeness (QED) is 0.568. The lowest BCUT2D eigenvalue weighted by molar-refractivity contribution is -0.384. The second kappa shape index (κ2) is 4.75. The fraction of sp³-hybridized carbons (Fsp3) is 0. The van der Waals surface area contributed by atoms with Crippen LogP contribution in [-0.4, -0.2) is 21.0 Å². The number of hydrogen-bond donors (Lipinski definition) is 2. The standard InChI is InChI=1S/C15H10N2O4/c18-15(19)11-2-1-10-7-13(16-14(10)8-11)9-3-5-12(6-4-9)17(20)21/h1-8,16H,(H,18,19). The third-order valence-electron chi connectivity index (χ3n) is 3.26. The lowest BCUT2D eigenvalue weighted by atomic mass is 10.1. The first-order valence-corrected chi connectivity index (χ1v) is 6.15. The molecular formula is C15H10N2O4. The van der Waals surface area contributed by atoms with Gasteiger partial charge in [-0.25, -0.2) is 4.79 Å². The van der Waals surface area contributed by atoms with Gasteiger partial charge in [-0.3, -0.25) is 10.1 Å². The van der Waals surface area contributed by atoms with E-state index < -0.39 is 10.9 Å². The first kappa shape index (κ1) is 12.9. The third kappa shape index (κ3) is 2.34. The number of nitrogens with zero attached hydrogens (tertiary/aromatic N) is 1. The minimum absolute atomic E-state index is 0.0306.